The van der Waals surface area contributed by atoms with Gasteiger partial charge in [0.05, 0.1) is 17.0 Å². The van der Waals surface area contributed by atoms with Crippen LogP contribution in [0, 0.1) is 0 Å². The van der Waals surface area contributed by atoms with Gasteiger partial charge in [0.25, 0.3) is 0 Å². The number of aliphatic imine (C=N–C) groups is 1. The van der Waals surface area contributed by atoms with Crippen molar-refractivity contribution < 1.29 is 24.6 Å². The molecule has 0 saturated carbocycles. The van der Waals surface area contributed by atoms with E-state index in [9.17, 15) is 9.90 Å². The second kappa shape index (κ2) is 6.03. The number of carbonyl (C=O) groups excluding carboxylic acids is 1. The number of benzene rings is 2. The Balaban J connectivity index is 1.77. The van der Waals surface area contributed by atoms with Gasteiger partial charge in [-0.25, -0.2) is 0 Å². The maximum Gasteiger partial charge on any atom is 0.231 e. The molecule has 0 fully saturated rings. The number of ether oxygens (including phenoxy) is 2. The van der Waals surface area contributed by atoms with E-state index in [1.54, 1.807) is 43.3 Å². The van der Waals surface area contributed by atoms with E-state index in [1.165, 1.54) is 6.21 Å². The van der Waals surface area contributed by atoms with Gasteiger partial charge in [-0.15, -0.1) is 0 Å². The number of fused-ring (bicyclic) bond motifs is 2. The van der Waals surface area contributed by atoms with Crippen LogP contribution in [0.5, 0.6) is 11.5 Å². The van der Waals surface area contributed by atoms with Crippen molar-refractivity contribution in [2.75, 3.05) is 6.79 Å². The Labute approximate surface area is 148 Å². The molecule has 0 radical (unpaired) electrons. The van der Waals surface area contributed by atoms with E-state index >= 15 is 0 Å². The predicted molar refractivity (Wildman–Crippen MR) is 95.0 cm³/mol. The first kappa shape index (κ1) is 15.9. The minimum Gasteiger partial charge on any atom is -0.506 e. The summed E-state index contributed by atoms with van der Waals surface area (Å²) in [4.78, 5) is 16.8. The van der Waals surface area contributed by atoms with Crippen LogP contribution in [0.15, 0.2) is 52.1 Å². The molecule has 0 atom stereocenters. The maximum atomic E-state index is 12.5. The van der Waals surface area contributed by atoms with Crippen molar-refractivity contribution in [1.82, 2.24) is 0 Å². The summed E-state index contributed by atoms with van der Waals surface area (Å²) < 4.78 is 10.7. The SMILES string of the molecule is C/C(=N\O)c1cc2c(cc1N=CC1=C(O)c3ccccc3C1=O)OCO2. The molecule has 4 rings (SSSR count). The van der Waals surface area contributed by atoms with Crippen LogP contribution < -0.4 is 9.47 Å². The van der Waals surface area contributed by atoms with Crippen LogP contribution in [0.3, 0.4) is 0 Å². The molecule has 0 bridgehead atoms. The molecule has 2 N–H and O–H groups in total. The summed E-state index contributed by atoms with van der Waals surface area (Å²) in [6.07, 6.45) is 1.31. The molecule has 2 aromatic rings. The fourth-order valence-corrected chi connectivity index (χ4v) is 2.92. The van der Waals surface area contributed by atoms with Crippen molar-refractivity contribution in [3.8, 4) is 11.5 Å². The Morgan fingerprint density at radius 1 is 1.15 bits per heavy atom. The predicted octanol–water partition coefficient (Wildman–Crippen LogP) is 3.48. The molecular weight excluding hydrogens is 336 g/mol. The van der Waals surface area contributed by atoms with Crippen molar-refractivity contribution in [2.24, 2.45) is 10.1 Å². The van der Waals surface area contributed by atoms with E-state index < -0.39 is 0 Å². The molecule has 7 nitrogen and oxygen atoms in total. The summed E-state index contributed by atoms with van der Waals surface area (Å²) >= 11 is 0. The second-order valence-corrected chi connectivity index (χ2v) is 5.80. The van der Waals surface area contributed by atoms with Crippen molar-refractivity contribution in [3.63, 3.8) is 0 Å². The van der Waals surface area contributed by atoms with E-state index in [0.29, 0.717) is 39.6 Å². The molecule has 0 aromatic heterocycles. The van der Waals surface area contributed by atoms with Crippen LogP contribution >= 0.6 is 0 Å². The minimum absolute atomic E-state index is 0.0942. The van der Waals surface area contributed by atoms with Crippen LogP contribution in [0.2, 0.25) is 0 Å². The number of ketones is 1. The summed E-state index contributed by atoms with van der Waals surface area (Å²) in [5, 5.41) is 22.6. The van der Waals surface area contributed by atoms with E-state index in [0.717, 1.165) is 0 Å². The second-order valence-electron chi connectivity index (χ2n) is 5.80. The lowest BCUT2D eigenvalue weighted by atomic mass is 10.1. The number of oxime groups is 1. The Morgan fingerprint density at radius 2 is 1.85 bits per heavy atom. The first-order valence-electron chi connectivity index (χ1n) is 7.84. The zero-order chi connectivity index (χ0) is 18.3. The Kier molecular flexibility index (Phi) is 3.69. The zero-order valence-corrected chi connectivity index (χ0v) is 13.8. The first-order chi connectivity index (χ1) is 12.6. The molecule has 0 amide bonds. The Hall–Kier alpha value is -3.61. The average molecular weight is 350 g/mol. The minimum atomic E-state index is -0.295. The Morgan fingerprint density at radius 3 is 2.54 bits per heavy atom. The van der Waals surface area contributed by atoms with Gasteiger partial charge in [-0.2, -0.15) is 0 Å². The average Bonchev–Trinajstić information content (AvgIpc) is 3.22. The molecule has 26 heavy (non-hydrogen) atoms. The van der Waals surface area contributed by atoms with Gasteiger partial charge >= 0.3 is 0 Å². The first-order valence-corrected chi connectivity index (χ1v) is 7.84. The number of hydrogen-bond donors (Lipinski definition) is 2. The van der Waals surface area contributed by atoms with Crippen LogP contribution in [0.25, 0.3) is 5.76 Å². The summed E-state index contributed by atoms with van der Waals surface area (Å²) in [6, 6.07) is 10.1. The highest BCUT2D eigenvalue weighted by atomic mass is 16.7. The topological polar surface area (TPSA) is 101 Å². The molecular formula is C19H14N2O5. The number of allylic oxidation sites excluding steroid dienone is 1. The van der Waals surface area contributed by atoms with E-state index in [2.05, 4.69) is 10.1 Å². The third-order valence-electron chi connectivity index (χ3n) is 4.29. The number of aliphatic hydroxyl groups excluding tert-OH is 1. The lowest BCUT2D eigenvalue weighted by molar-refractivity contribution is 0.104. The van der Waals surface area contributed by atoms with Crippen molar-refractivity contribution in [3.05, 3.63) is 58.7 Å². The normalized spacial score (nSPS) is 15.9. The number of rotatable bonds is 3. The monoisotopic (exact) mass is 350 g/mol. The standard InChI is InChI=1S/C19H14N2O5/c1-10(21-24)13-6-16-17(26-9-25-16)7-15(13)20-8-14-18(22)11-4-2-3-5-12(11)19(14)23/h2-8,22,24H,9H2,1H3/b20-8?,21-10+. The fraction of sp³-hybridized carbons (Fsp3) is 0.105. The van der Waals surface area contributed by atoms with E-state index in [-0.39, 0.29) is 23.9 Å². The van der Waals surface area contributed by atoms with E-state index in [4.69, 9.17) is 14.7 Å². The molecule has 0 unspecified atom stereocenters. The highest BCUT2D eigenvalue weighted by Crippen LogP contribution is 2.39. The number of aliphatic hydroxyl groups is 1. The van der Waals surface area contributed by atoms with Gasteiger partial charge in [0.2, 0.25) is 6.79 Å². The summed E-state index contributed by atoms with van der Waals surface area (Å²) in [5.41, 5.74) is 2.30. The van der Waals surface area contributed by atoms with Gasteiger partial charge in [-0.05, 0) is 13.0 Å². The molecule has 130 valence electrons. The summed E-state index contributed by atoms with van der Waals surface area (Å²) in [5.74, 6) is 0.625. The van der Waals surface area contributed by atoms with Gasteiger partial charge in [0.1, 0.15) is 5.76 Å². The van der Waals surface area contributed by atoms with Gasteiger partial charge in [0, 0.05) is 29.0 Å². The third kappa shape index (κ3) is 2.41. The third-order valence-corrected chi connectivity index (χ3v) is 4.29. The highest BCUT2D eigenvalue weighted by Gasteiger charge is 2.28. The summed E-state index contributed by atoms with van der Waals surface area (Å²) in [6.45, 7) is 1.71. The van der Waals surface area contributed by atoms with Gasteiger partial charge in [0.15, 0.2) is 17.3 Å². The van der Waals surface area contributed by atoms with Crippen LogP contribution in [0.4, 0.5) is 5.69 Å². The molecule has 2 aromatic carbocycles. The van der Waals surface area contributed by atoms with Gasteiger partial charge in [-0.1, -0.05) is 29.4 Å². The maximum absolute atomic E-state index is 12.5. The smallest absolute Gasteiger partial charge is 0.231 e. The van der Waals surface area contributed by atoms with Crippen LogP contribution in [-0.4, -0.2) is 34.8 Å². The number of Topliss-reactive ketones (excluding diaryl/α,β-unsaturated/α-hetero) is 1. The molecule has 0 saturated heterocycles. The summed E-state index contributed by atoms with van der Waals surface area (Å²) in [7, 11) is 0. The molecule has 1 aliphatic carbocycles. The fourth-order valence-electron chi connectivity index (χ4n) is 2.92. The largest absolute Gasteiger partial charge is 0.506 e. The highest BCUT2D eigenvalue weighted by molar-refractivity contribution is 6.30. The zero-order valence-electron chi connectivity index (χ0n) is 13.8. The van der Waals surface area contributed by atoms with E-state index in [1.807, 2.05) is 0 Å². The molecule has 1 heterocycles. The quantitative estimate of drug-likeness (QED) is 0.501. The van der Waals surface area contributed by atoms with Gasteiger partial charge in [-0.3, -0.25) is 9.79 Å². The molecule has 2 aliphatic rings. The van der Waals surface area contributed by atoms with Crippen molar-refractivity contribution >= 4 is 29.2 Å². The molecule has 1 aliphatic heterocycles. The van der Waals surface area contributed by atoms with Crippen molar-refractivity contribution in [1.29, 1.82) is 0 Å². The number of carbonyl (C=O) groups is 1. The van der Waals surface area contributed by atoms with Crippen molar-refractivity contribution in [2.45, 2.75) is 6.92 Å². The number of nitrogens with zero attached hydrogens (tertiary/aromatic N) is 2. The number of hydrogen-bond acceptors (Lipinski definition) is 7. The lowest BCUT2D eigenvalue weighted by Gasteiger charge is -2.06. The van der Waals surface area contributed by atoms with Crippen LogP contribution in [-0.2, 0) is 0 Å². The molecule has 0 spiro atoms. The Bertz CT molecular complexity index is 1020. The molecule has 7 heteroatoms. The lowest BCUT2D eigenvalue weighted by Crippen LogP contribution is -2.00. The van der Waals surface area contributed by atoms with Crippen LogP contribution in [0.1, 0.15) is 28.4 Å². The van der Waals surface area contributed by atoms with Gasteiger partial charge < -0.3 is 19.8 Å².